The number of hydrogen-bond acceptors (Lipinski definition) is 2. The second-order valence-corrected chi connectivity index (χ2v) is 2.85. The maximum atomic E-state index is 4.85. The maximum Gasteiger partial charge on any atom is -0.00804 e. The van der Waals surface area contributed by atoms with Crippen molar-refractivity contribution >= 4 is 0 Å². The first kappa shape index (κ1) is 23.1. The number of nitrogens with one attached hydrogen (secondary N) is 1. The van der Waals surface area contributed by atoms with Gasteiger partial charge in [-0.1, -0.05) is 48.5 Å². The van der Waals surface area contributed by atoms with Crippen LogP contribution in [0.3, 0.4) is 0 Å². The van der Waals surface area contributed by atoms with E-state index in [4.69, 9.17) is 5.73 Å². The van der Waals surface area contributed by atoms with Crippen LogP contribution in [0.25, 0.3) is 0 Å². The van der Waals surface area contributed by atoms with E-state index in [1.807, 2.05) is 27.8 Å². The summed E-state index contributed by atoms with van der Waals surface area (Å²) in [5.74, 6) is 0.833. The average molecular weight is 192 g/mol. The second kappa shape index (κ2) is 40.6. The molecule has 0 fully saturated rings. The smallest absolute Gasteiger partial charge is 0.00804 e. The molecule has 13 heavy (non-hydrogen) atoms. The molecule has 0 spiro atoms. The molecule has 0 saturated heterocycles. The summed E-state index contributed by atoms with van der Waals surface area (Å²) in [6.07, 6.45) is 0. The van der Waals surface area contributed by atoms with E-state index in [9.17, 15) is 0 Å². The quantitative estimate of drug-likeness (QED) is 0.670. The van der Waals surface area contributed by atoms with Gasteiger partial charge in [0.15, 0.2) is 0 Å². The summed E-state index contributed by atoms with van der Waals surface area (Å²) < 4.78 is 0. The first-order chi connectivity index (χ1) is 6.06. The summed E-state index contributed by atoms with van der Waals surface area (Å²) in [7, 11) is 1.93. The first-order valence-electron chi connectivity index (χ1n) is 5.41. The zero-order valence-corrected chi connectivity index (χ0v) is 11.1. The van der Waals surface area contributed by atoms with Crippen LogP contribution in [0.15, 0.2) is 0 Å². The van der Waals surface area contributed by atoms with Gasteiger partial charge in [0.25, 0.3) is 0 Å². The van der Waals surface area contributed by atoms with Gasteiger partial charge in [-0.05, 0) is 26.1 Å². The molecule has 0 heterocycles. The van der Waals surface area contributed by atoms with Gasteiger partial charge in [-0.15, -0.1) is 0 Å². The van der Waals surface area contributed by atoms with Crippen LogP contribution in [-0.2, 0) is 0 Å². The molecule has 0 rings (SSSR count). The summed E-state index contributed by atoms with van der Waals surface area (Å²) in [5.41, 5.74) is 4.85. The molecule has 0 aliphatic rings. The monoisotopic (exact) mass is 192 g/mol. The van der Waals surface area contributed by atoms with Crippen LogP contribution in [0.1, 0.15) is 48.5 Å². The molecule has 86 valence electrons. The van der Waals surface area contributed by atoms with Crippen molar-refractivity contribution in [3.05, 3.63) is 0 Å². The van der Waals surface area contributed by atoms with E-state index >= 15 is 0 Å². The summed E-state index contributed by atoms with van der Waals surface area (Å²) in [6, 6.07) is 0. The highest BCUT2D eigenvalue weighted by Gasteiger charge is 1.68. The number of nitrogens with two attached hydrogens (primary N) is 1. The molecule has 0 radical (unpaired) electrons. The van der Waals surface area contributed by atoms with Crippen LogP contribution < -0.4 is 11.1 Å². The predicted octanol–water partition coefficient (Wildman–Crippen LogP) is 2.88. The molecular weight excluding hydrogens is 160 g/mol. The lowest BCUT2D eigenvalue weighted by molar-refractivity contribution is 0.737. The third-order valence-electron chi connectivity index (χ3n) is 0.354. The molecule has 0 amide bonds. The highest BCUT2D eigenvalue weighted by molar-refractivity contribution is 4.20. The van der Waals surface area contributed by atoms with Gasteiger partial charge in [-0.3, -0.25) is 0 Å². The highest BCUT2D eigenvalue weighted by Crippen LogP contribution is 1.81. The minimum atomic E-state index is 0.750. The van der Waals surface area contributed by atoms with E-state index < -0.39 is 0 Å². The van der Waals surface area contributed by atoms with E-state index in [-0.39, 0.29) is 0 Å². The Morgan fingerprint density at radius 2 is 1.15 bits per heavy atom. The van der Waals surface area contributed by atoms with E-state index in [2.05, 4.69) is 33.0 Å². The lowest BCUT2D eigenvalue weighted by Crippen LogP contribution is -2.01. The third-order valence-corrected chi connectivity index (χ3v) is 0.354. The van der Waals surface area contributed by atoms with Gasteiger partial charge in [0, 0.05) is 0 Å². The summed E-state index contributed by atoms with van der Waals surface area (Å²) in [5, 5.41) is 2.93. The van der Waals surface area contributed by atoms with Crippen molar-refractivity contribution in [3.63, 3.8) is 0 Å². The Kier molecular flexibility index (Phi) is 72.0. The molecule has 0 saturated carbocycles. The van der Waals surface area contributed by atoms with Gasteiger partial charge in [-0.25, -0.2) is 0 Å². The van der Waals surface area contributed by atoms with E-state index in [1.54, 1.807) is 0 Å². The maximum absolute atomic E-state index is 4.85. The molecule has 0 aromatic rings. The van der Waals surface area contributed by atoms with Crippen molar-refractivity contribution in [3.8, 4) is 0 Å². The fraction of sp³-hybridized carbons (Fsp3) is 1.00. The van der Waals surface area contributed by atoms with Gasteiger partial charge in [0.05, 0.1) is 0 Å². The van der Waals surface area contributed by atoms with Crippen molar-refractivity contribution < 1.29 is 0 Å². The number of rotatable bonds is 1. The van der Waals surface area contributed by atoms with Crippen LogP contribution in [0.2, 0.25) is 0 Å². The Hall–Kier alpha value is -0.0800. The molecule has 0 aliphatic heterocycles. The van der Waals surface area contributed by atoms with E-state index in [0.717, 1.165) is 19.0 Å². The van der Waals surface area contributed by atoms with Crippen LogP contribution in [0, 0.1) is 5.92 Å². The normalized spacial score (nSPS) is 6.92. The lowest BCUT2D eigenvalue weighted by Gasteiger charge is -1.79. The minimum Gasteiger partial charge on any atom is -0.331 e. The van der Waals surface area contributed by atoms with Gasteiger partial charge in [0.1, 0.15) is 0 Å². The van der Waals surface area contributed by atoms with Gasteiger partial charge in [-0.2, -0.15) is 0 Å². The summed E-state index contributed by atoms with van der Waals surface area (Å²) >= 11 is 0. The standard InChI is InChI=1S/C4H10.C3H9N.C2H7N.C2H6/c1-4(2)3;1-3-4-2;1-2-3;1-2/h4H,1-3H3;4H,3H2,1-2H3;2-3H2,1H3;1-2H3. The minimum absolute atomic E-state index is 0.750. The lowest BCUT2D eigenvalue weighted by atomic mass is 10.3. The SMILES string of the molecule is CC.CC(C)C.CCN.CCNC. The fourth-order valence-corrected chi connectivity index (χ4v) is 0. The third kappa shape index (κ3) is 1390. The fourth-order valence-electron chi connectivity index (χ4n) is 0. The molecule has 0 aromatic heterocycles. The molecule has 0 atom stereocenters. The zero-order chi connectivity index (χ0) is 11.7. The Balaban J connectivity index is -0.0000000431. The Morgan fingerprint density at radius 3 is 1.15 bits per heavy atom. The van der Waals surface area contributed by atoms with E-state index in [0.29, 0.717) is 0 Å². The highest BCUT2D eigenvalue weighted by atomic mass is 14.8. The first-order valence-corrected chi connectivity index (χ1v) is 5.41. The molecule has 2 nitrogen and oxygen atoms in total. The molecule has 0 aliphatic carbocycles. The van der Waals surface area contributed by atoms with Crippen molar-refractivity contribution in [2.75, 3.05) is 20.1 Å². The Morgan fingerprint density at radius 1 is 1.08 bits per heavy atom. The van der Waals surface area contributed by atoms with Gasteiger partial charge >= 0.3 is 0 Å². The molecule has 2 heteroatoms. The van der Waals surface area contributed by atoms with E-state index in [1.165, 1.54) is 0 Å². The Bertz CT molecular complexity index is 32.3. The van der Waals surface area contributed by atoms with Gasteiger partial charge in [0.2, 0.25) is 0 Å². The molecule has 3 N–H and O–H groups in total. The summed E-state index contributed by atoms with van der Waals surface area (Å²) in [4.78, 5) is 0. The van der Waals surface area contributed by atoms with Gasteiger partial charge < -0.3 is 11.1 Å². The summed E-state index contributed by atoms with van der Waals surface area (Å²) in [6.45, 7) is 16.3. The predicted molar refractivity (Wildman–Crippen MR) is 66.2 cm³/mol. The van der Waals surface area contributed by atoms with Crippen LogP contribution in [0.4, 0.5) is 0 Å². The molecular formula is C11H32N2. The number of hydrogen-bond donors (Lipinski definition) is 2. The largest absolute Gasteiger partial charge is 0.331 e. The average Bonchev–Trinajstić information content (AvgIpc) is 2.08. The zero-order valence-electron chi connectivity index (χ0n) is 11.1. The van der Waals surface area contributed by atoms with Crippen LogP contribution in [-0.4, -0.2) is 20.1 Å². The molecule has 0 bridgehead atoms. The molecule has 0 unspecified atom stereocenters. The molecule has 0 aromatic carbocycles. The Labute approximate surface area is 86.3 Å². The topological polar surface area (TPSA) is 38.0 Å². The van der Waals surface area contributed by atoms with Crippen molar-refractivity contribution in [1.29, 1.82) is 0 Å². The second-order valence-electron chi connectivity index (χ2n) is 2.85. The van der Waals surface area contributed by atoms with Crippen molar-refractivity contribution in [2.24, 2.45) is 11.7 Å². The van der Waals surface area contributed by atoms with Crippen LogP contribution in [0.5, 0.6) is 0 Å². The van der Waals surface area contributed by atoms with Crippen molar-refractivity contribution in [2.45, 2.75) is 48.5 Å². The van der Waals surface area contributed by atoms with Crippen LogP contribution >= 0.6 is 0 Å². The van der Waals surface area contributed by atoms with Crippen molar-refractivity contribution in [1.82, 2.24) is 5.32 Å².